The maximum Gasteiger partial charge on any atom is 0.193 e. The molecule has 0 amide bonds. The van der Waals surface area contributed by atoms with Crippen molar-refractivity contribution < 1.29 is 13.2 Å². The predicted molar refractivity (Wildman–Crippen MR) is 115 cm³/mol. The van der Waals surface area contributed by atoms with E-state index >= 15 is 0 Å². The van der Waals surface area contributed by atoms with Crippen LogP contribution in [0.25, 0.3) is 0 Å². The Balaban J connectivity index is 0.00000312. The van der Waals surface area contributed by atoms with E-state index in [9.17, 15) is 8.42 Å². The predicted octanol–water partition coefficient (Wildman–Crippen LogP) is 2.01. The first-order valence-corrected chi connectivity index (χ1v) is 10.9. The first kappa shape index (κ1) is 22.7. The molecule has 25 heavy (non-hydrogen) atoms. The van der Waals surface area contributed by atoms with Crippen LogP contribution in [0.3, 0.4) is 0 Å². The zero-order valence-electron chi connectivity index (χ0n) is 15.0. The van der Waals surface area contributed by atoms with E-state index in [1.807, 2.05) is 18.0 Å². The second kappa shape index (κ2) is 10.1. The lowest BCUT2D eigenvalue weighted by Crippen LogP contribution is -2.54. The quantitative estimate of drug-likeness (QED) is 0.367. The molecule has 1 aliphatic rings. The summed E-state index contributed by atoms with van der Waals surface area (Å²) in [6, 6.07) is 4.17. The number of thiophene rings is 1. The summed E-state index contributed by atoms with van der Waals surface area (Å²) in [5.41, 5.74) is 0. The second-order valence-corrected chi connectivity index (χ2v) is 9.66. The Hall–Kier alpha value is -0.390. The van der Waals surface area contributed by atoms with Crippen molar-refractivity contribution in [3.8, 4) is 0 Å². The number of aliphatic imine (C=N–C) groups is 1. The highest BCUT2D eigenvalue weighted by atomic mass is 127. The third kappa shape index (κ3) is 6.07. The van der Waals surface area contributed by atoms with Gasteiger partial charge in [-0.05, 0) is 30.7 Å². The second-order valence-electron chi connectivity index (χ2n) is 6.22. The number of nitrogens with zero attached hydrogens (tertiary/aromatic N) is 2. The molecule has 1 fully saturated rings. The van der Waals surface area contributed by atoms with Crippen molar-refractivity contribution in [1.29, 1.82) is 0 Å². The number of sulfone groups is 1. The number of guanidine groups is 1. The standard InChI is InChI=1S/C16H27N3O3S2.HI/c1-17-15(19(2)9-6-14-5-4-12-23-14)18-13-16(24(3,20)21)7-10-22-11-8-16;/h4-5,12H,6-11,13H2,1-3H3,(H,17,18);1H. The van der Waals surface area contributed by atoms with E-state index in [0.29, 0.717) is 32.6 Å². The molecule has 1 aromatic rings. The van der Waals surface area contributed by atoms with Crippen LogP contribution in [0.1, 0.15) is 17.7 Å². The van der Waals surface area contributed by atoms with Crippen LogP contribution >= 0.6 is 35.3 Å². The third-order valence-electron chi connectivity index (χ3n) is 4.61. The van der Waals surface area contributed by atoms with E-state index in [1.54, 1.807) is 18.4 Å². The smallest absolute Gasteiger partial charge is 0.193 e. The van der Waals surface area contributed by atoms with Crippen LogP contribution < -0.4 is 5.32 Å². The summed E-state index contributed by atoms with van der Waals surface area (Å²) >= 11 is 1.74. The minimum atomic E-state index is -3.18. The molecule has 0 aromatic carbocycles. The normalized spacial score (nSPS) is 17.6. The van der Waals surface area contributed by atoms with Gasteiger partial charge in [0.15, 0.2) is 15.8 Å². The van der Waals surface area contributed by atoms with Gasteiger partial charge in [0.1, 0.15) is 0 Å². The number of hydrogen-bond acceptors (Lipinski definition) is 5. The Morgan fingerprint density at radius 1 is 1.44 bits per heavy atom. The van der Waals surface area contributed by atoms with E-state index in [-0.39, 0.29) is 24.0 Å². The average molecular weight is 501 g/mol. The highest BCUT2D eigenvalue weighted by Crippen LogP contribution is 2.28. The van der Waals surface area contributed by atoms with E-state index in [4.69, 9.17) is 4.74 Å². The molecular weight excluding hydrogens is 473 g/mol. The molecule has 1 N–H and O–H groups in total. The van der Waals surface area contributed by atoms with Crippen molar-refractivity contribution in [2.75, 3.05) is 46.7 Å². The topological polar surface area (TPSA) is 71.0 Å². The first-order valence-electron chi connectivity index (χ1n) is 8.09. The van der Waals surface area contributed by atoms with Crippen LogP contribution in [-0.4, -0.2) is 70.7 Å². The van der Waals surface area contributed by atoms with Gasteiger partial charge >= 0.3 is 0 Å². The van der Waals surface area contributed by atoms with Gasteiger partial charge in [0.2, 0.25) is 0 Å². The summed E-state index contributed by atoms with van der Waals surface area (Å²) < 4.78 is 29.2. The summed E-state index contributed by atoms with van der Waals surface area (Å²) in [5, 5.41) is 5.33. The Morgan fingerprint density at radius 2 is 2.12 bits per heavy atom. The molecule has 6 nitrogen and oxygen atoms in total. The lowest BCUT2D eigenvalue weighted by Gasteiger charge is -2.36. The average Bonchev–Trinajstić information content (AvgIpc) is 3.07. The van der Waals surface area contributed by atoms with E-state index in [2.05, 4.69) is 21.8 Å². The number of halogens is 1. The lowest BCUT2D eigenvalue weighted by molar-refractivity contribution is 0.0755. The Morgan fingerprint density at radius 3 is 2.64 bits per heavy atom. The van der Waals surface area contributed by atoms with Crippen molar-refractivity contribution in [3.05, 3.63) is 22.4 Å². The Bertz CT molecular complexity index is 642. The summed E-state index contributed by atoms with van der Waals surface area (Å²) in [4.78, 5) is 7.66. The SMILES string of the molecule is CN=C(NCC1(S(C)(=O)=O)CCOCC1)N(C)CCc1cccs1.I. The Labute approximate surface area is 172 Å². The maximum atomic E-state index is 12.3. The minimum absolute atomic E-state index is 0. The van der Waals surface area contributed by atoms with E-state index in [0.717, 1.165) is 18.9 Å². The fraction of sp³-hybridized carbons (Fsp3) is 0.688. The van der Waals surface area contributed by atoms with Crippen molar-refractivity contribution in [2.24, 2.45) is 4.99 Å². The molecular formula is C16H28IN3O3S2. The number of ether oxygens (including phenoxy) is 1. The number of hydrogen-bond donors (Lipinski definition) is 1. The molecule has 0 atom stereocenters. The van der Waals surface area contributed by atoms with Gasteiger partial charge in [-0.3, -0.25) is 4.99 Å². The largest absolute Gasteiger partial charge is 0.381 e. The number of likely N-dealkylation sites (N-methyl/N-ethyl adjacent to an activating group) is 1. The zero-order valence-corrected chi connectivity index (χ0v) is 19.0. The third-order valence-corrected chi connectivity index (χ3v) is 7.67. The molecule has 0 radical (unpaired) electrons. The lowest BCUT2D eigenvalue weighted by atomic mass is 9.99. The summed E-state index contributed by atoms with van der Waals surface area (Å²) in [7, 11) is 0.516. The number of nitrogens with one attached hydrogen (secondary N) is 1. The van der Waals surface area contributed by atoms with Gasteiger partial charge in [-0.25, -0.2) is 8.42 Å². The molecule has 1 aromatic heterocycles. The fourth-order valence-corrected chi connectivity index (χ4v) is 4.83. The molecule has 2 heterocycles. The fourth-order valence-electron chi connectivity index (χ4n) is 2.89. The molecule has 9 heteroatoms. The van der Waals surface area contributed by atoms with Crippen molar-refractivity contribution in [2.45, 2.75) is 24.0 Å². The van der Waals surface area contributed by atoms with Crippen molar-refractivity contribution >= 4 is 51.1 Å². The summed E-state index contributed by atoms with van der Waals surface area (Å²) in [6.45, 7) is 2.17. The van der Waals surface area contributed by atoms with Gasteiger partial charge in [-0.15, -0.1) is 35.3 Å². The maximum absolute atomic E-state index is 12.3. The van der Waals surface area contributed by atoms with Gasteiger partial charge < -0.3 is 15.0 Å². The van der Waals surface area contributed by atoms with Crippen LogP contribution in [0.4, 0.5) is 0 Å². The first-order chi connectivity index (χ1) is 11.4. The van der Waals surface area contributed by atoms with E-state index < -0.39 is 14.6 Å². The van der Waals surface area contributed by atoms with E-state index in [1.165, 1.54) is 11.1 Å². The zero-order chi connectivity index (χ0) is 17.6. The van der Waals surface area contributed by atoms with Gasteiger partial charge in [-0.1, -0.05) is 6.07 Å². The molecule has 0 bridgehead atoms. The minimum Gasteiger partial charge on any atom is -0.381 e. The van der Waals surface area contributed by atoms with Crippen LogP contribution in [0, 0.1) is 0 Å². The van der Waals surface area contributed by atoms with Crippen molar-refractivity contribution in [3.63, 3.8) is 0 Å². The monoisotopic (exact) mass is 501 g/mol. The molecule has 144 valence electrons. The summed E-state index contributed by atoms with van der Waals surface area (Å²) in [5.74, 6) is 0.723. The summed E-state index contributed by atoms with van der Waals surface area (Å²) in [6.07, 6.45) is 3.31. The van der Waals surface area contributed by atoms with Crippen LogP contribution in [0.15, 0.2) is 22.5 Å². The molecule has 0 saturated carbocycles. The van der Waals surface area contributed by atoms with Crippen molar-refractivity contribution in [1.82, 2.24) is 10.2 Å². The van der Waals surface area contributed by atoms with Crippen LogP contribution in [0.2, 0.25) is 0 Å². The molecule has 0 unspecified atom stereocenters. The molecule has 1 saturated heterocycles. The van der Waals surface area contributed by atoms with Gasteiger partial charge in [0.05, 0.1) is 4.75 Å². The van der Waals surface area contributed by atoms with Gasteiger partial charge in [0, 0.05) is 51.5 Å². The van der Waals surface area contributed by atoms with Crippen LogP contribution in [-0.2, 0) is 21.0 Å². The highest BCUT2D eigenvalue weighted by Gasteiger charge is 2.42. The molecule has 1 aliphatic heterocycles. The van der Waals surface area contributed by atoms with Gasteiger partial charge in [0.25, 0.3) is 0 Å². The Kier molecular flexibility index (Phi) is 9.13. The van der Waals surface area contributed by atoms with Crippen LogP contribution in [0.5, 0.6) is 0 Å². The molecule has 0 aliphatic carbocycles. The van der Waals surface area contributed by atoms with Gasteiger partial charge in [-0.2, -0.15) is 0 Å². The number of rotatable bonds is 6. The highest BCUT2D eigenvalue weighted by molar-refractivity contribution is 14.0. The molecule has 0 spiro atoms. The molecule has 2 rings (SSSR count).